The quantitative estimate of drug-likeness (QED) is 0.732. The fourth-order valence-corrected chi connectivity index (χ4v) is 4.05. The van der Waals surface area contributed by atoms with Gasteiger partial charge in [0, 0.05) is 25.7 Å². The van der Waals surface area contributed by atoms with Gasteiger partial charge in [0.25, 0.3) is 5.91 Å². The van der Waals surface area contributed by atoms with Gasteiger partial charge in [-0.3, -0.25) is 4.79 Å². The number of anilines is 1. The van der Waals surface area contributed by atoms with Crippen molar-refractivity contribution in [1.29, 1.82) is 0 Å². The molecule has 0 radical (unpaired) electrons. The summed E-state index contributed by atoms with van der Waals surface area (Å²) in [6.07, 6.45) is 3.95. The smallest absolute Gasteiger partial charge is 0.322 e. The monoisotopic (exact) mass is 423 g/mol. The number of nitrogens with one attached hydrogen (secondary N) is 1. The number of hydrogen-bond acceptors (Lipinski definition) is 4. The molecule has 2 aliphatic rings. The summed E-state index contributed by atoms with van der Waals surface area (Å²) in [6.45, 7) is 3.82. The van der Waals surface area contributed by atoms with Gasteiger partial charge in [-0.15, -0.1) is 0 Å². The number of hydrogen-bond donors (Lipinski definition) is 2. The van der Waals surface area contributed by atoms with E-state index in [0.717, 1.165) is 49.9 Å². The number of amides is 3. The molecule has 7 heteroatoms. The maximum absolute atomic E-state index is 13.3. The first-order valence-electron chi connectivity index (χ1n) is 10.8. The van der Waals surface area contributed by atoms with Crippen LogP contribution < -0.4 is 10.1 Å². The second-order valence-corrected chi connectivity index (χ2v) is 8.29. The summed E-state index contributed by atoms with van der Waals surface area (Å²) in [6, 6.07) is 10.6. The predicted molar refractivity (Wildman–Crippen MR) is 119 cm³/mol. The van der Waals surface area contributed by atoms with Crippen LogP contribution in [0.1, 0.15) is 47.2 Å². The maximum Gasteiger partial charge on any atom is 0.322 e. The van der Waals surface area contributed by atoms with Gasteiger partial charge >= 0.3 is 6.03 Å². The van der Waals surface area contributed by atoms with Crippen molar-refractivity contribution in [3.05, 3.63) is 53.1 Å². The van der Waals surface area contributed by atoms with Gasteiger partial charge in [-0.1, -0.05) is 18.2 Å². The molecule has 1 saturated carbocycles. The number of benzene rings is 2. The summed E-state index contributed by atoms with van der Waals surface area (Å²) in [5.41, 5.74) is 2.85. The zero-order chi connectivity index (χ0) is 22.0. The number of urea groups is 1. The van der Waals surface area contributed by atoms with Crippen LogP contribution in [0.3, 0.4) is 0 Å². The molecule has 0 atom stereocenters. The summed E-state index contributed by atoms with van der Waals surface area (Å²) in [5.74, 6) is 0.419. The number of likely N-dealkylation sites (tertiary alicyclic amines) is 1. The number of phenolic OH excluding ortho intramolecular Hbond substituents is 1. The highest BCUT2D eigenvalue weighted by Gasteiger charge is 2.33. The van der Waals surface area contributed by atoms with Crippen LogP contribution in [-0.2, 0) is 6.54 Å². The summed E-state index contributed by atoms with van der Waals surface area (Å²) < 4.78 is 5.19. The fraction of sp³-hybridized carbons (Fsp3) is 0.417. The van der Waals surface area contributed by atoms with Crippen molar-refractivity contribution >= 4 is 17.6 Å². The third kappa shape index (κ3) is 4.60. The number of para-hydroxylation sites is 1. The molecule has 1 saturated heterocycles. The van der Waals surface area contributed by atoms with Gasteiger partial charge in [-0.05, 0) is 61.9 Å². The van der Waals surface area contributed by atoms with Gasteiger partial charge < -0.3 is 25.0 Å². The van der Waals surface area contributed by atoms with E-state index in [4.69, 9.17) is 4.74 Å². The molecule has 0 aromatic heterocycles. The predicted octanol–water partition coefficient (Wildman–Crippen LogP) is 4.14. The number of aromatic hydroxyl groups is 1. The Morgan fingerprint density at radius 1 is 1.19 bits per heavy atom. The van der Waals surface area contributed by atoms with Crippen LogP contribution >= 0.6 is 0 Å². The zero-order valence-electron chi connectivity index (χ0n) is 18.1. The Morgan fingerprint density at radius 2 is 1.94 bits per heavy atom. The lowest BCUT2D eigenvalue weighted by molar-refractivity contribution is 0.0793. The van der Waals surface area contributed by atoms with Gasteiger partial charge in [-0.2, -0.15) is 0 Å². The van der Waals surface area contributed by atoms with E-state index in [9.17, 15) is 14.7 Å². The fourth-order valence-electron chi connectivity index (χ4n) is 4.05. The van der Waals surface area contributed by atoms with Crippen molar-refractivity contribution in [3.8, 4) is 11.5 Å². The second-order valence-electron chi connectivity index (χ2n) is 8.29. The number of phenols is 1. The van der Waals surface area contributed by atoms with Crippen LogP contribution in [0.15, 0.2) is 36.4 Å². The molecule has 3 amide bonds. The number of aryl methyl sites for hydroxylation is 1. The summed E-state index contributed by atoms with van der Waals surface area (Å²) in [7, 11) is 1.50. The lowest BCUT2D eigenvalue weighted by atomic mass is 10.1. The number of carbonyl (C=O) groups is 2. The van der Waals surface area contributed by atoms with Gasteiger partial charge in [0.05, 0.1) is 18.4 Å². The maximum atomic E-state index is 13.3. The van der Waals surface area contributed by atoms with Crippen LogP contribution in [0.25, 0.3) is 0 Å². The Balaban J connectivity index is 1.55. The number of ether oxygens (including phenoxy) is 1. The lowest BCUT2D eigenvalue weighted by Crippen LogP contribution is -2.37. The van der Waals surface area contributed by atoms with E-state index in [1.165, 1.54) is 7.11 Å². The van der Waals surface area contributed by atoms with E-state index >= 15 is 0 Å². The molecule has 4 rings (SSSR count). The first kappa shape index (κ1) is 21.0. The average molecular weight is 424 g/mol. The van der Waals surface area contributed by atoms with Crippen LogP contribution in [0.5, 0.6) is 11.5 Å². The highest BCUT2D eigenvalue weighted by atomic mass is 16.5. The molecular weight excluding hydrogens is 394 g/mol. The number of rotatable bonds is 6. The van der Waals surface area contributed by atoms with E-state index in [0.29, 0.717) is 23.5 Å². The average Bonchev–Trinajstić information content (AvgIpc) is 3.46. The molecule has 1 aliphatic heterocycles. The van der Waals surface area contributed by atoms with Crippen molar-refractivity contribution in [2.24, 2.45) is 0 Å². The topological polar surface area (TPSA) is 82.1 Å². The molecule has 0 unspecified atom stereocenters. The van der Waals surface area contributed by atoms with Crippen LogP contribution in [0, 0.1) is 6.92 Å². The van der Waals surface area contributed by atoms with Crippen molar-refractivity contribution in [3.63, 3.8) is 0 Å². The van der Waals surface area contributed by atoms with E-state index in [1.54, 1.807) is 29.2 Å². The molecule has 1 aliphatic carbocycles. The van der Waals surface area contributed by atoms with E-state index in [-0.39, 0.29) is 23.7 Å². The third-order valence-corrected chi connectivity index (χ3v) is 5.97. The zero-order valence-corrected chi connectivity index (χ0v) is 18.1. The molecule has 2 aromatic carbocycles. The van der Waals surface area contributed by atoms with E-state index < -0.39 is 0 Å². The normalized spacial score (nSPS) is 15.6. The first-order valence-corrected chi connectivity index (χ1v) is 10.8. The standard InChI is InChI=1S/C24H29N3O4/c1-16-6-5-7-19(23(29)26-12-3-4-13-26)22(16)25-24(30)27(18-9-10-18)15-17-8-11-20(28)21(14-17)31-2/h5-8,11,14,18,28H,3-4,9-10,12-13,15H2,1-2H3,(H,25,30). The first-order chi connectivity index (χ1) is 15.0. The molecular formula is C24H29N3O4. The minimum atomic E-state index is -0.223. The molecule has 2 fully saturated rings. The molecule has 0 spiro atoms. The van der Waals surface area contributed by atoms with E-state index in [2.05, 4.69) is 5.32 Å². The van der Waals surface area contributed by atoms with E-state index in [1.807, 2.05) is 24.0 Å². The van der Waals surface area contributed by atoms with Crippen LogP contribution in [0.4, 0.5) is 10.5 Å². The molecule has 31 heavy (non-hydrogen) atoms. The Morgan fingerprint density at radius 3 is 2.61 bits per heavy atom. The largest absolute Gasteiger partial charge is 0.504 e. The number of methoxy groups -OCH3 is 1. The molecule has 7 nitrogen and oxygen atoms in total. The van der Waals surface area contributed by atoms with Crippen molar-refractivity contribution in [1.82, 2.24) is 9.80 Å². The number of nitrogens with zero attached hydrogens (tertiary/aromatic N) is 2. The highest BCUT2D eigenvalue weighted by Crippen LogP contribution is 2.32. The van der Waals surface area contributed by atoms with Gasteiger partial charge in [0.15, 0.2) is 11.5 Å². The Labute approximate surface area is 182 Å². The minimum Gasteiger partial charge on any atom is -0.504 e. The van der Waals surface area contributed by atoms with Crippen molar-refractivity contribution in [2.75, 3.05) is 25.5 Å². The Kier molecular flexibility index (Phi) is 6.02. The summed E-state index contributed by atoms with van der Waals surface area (Å²) in [4.78, 5) is 30.0. The molecule has 1 heterocycles. The number of carbonyl (C=O) groups excluding carboxylic acids is 2. The molecule has 2 N–H and O–H groups in total. The van der Waals surface area contributed by atoms with Crippen molar-refractivity contribution < 1.29 is 19.4 Å². The van der Waals surface area contributed by atoms with Gasteiger partial charge in [0.2, 0.25) is 0 Å². The Hall–Kier alpha value is -3.22. The molecule has 164 valence electrons. The summed E-state index contributed by atoms with van der Waals surface area (Å²) in [5, 5.41) is 12.9. The van der Waals surface area contributed by atoms with Gasteiger partial charge in [0.1, 0.15) is 0 Å². The second kappa shape index (κ2) is 8.88. The van der Waals surface area contributed by atoms with Gasteiger partial charge in [-0.25, -0.2) is 4.79 Å². The molecule has 2 aromatic rings. The minimum absolute atomic E-state index is 0.0299. The van der Waals surface area contributed by atoms with Crippen LogP contribution in [0.2, 0.25) is 0 Å². The van der Waals surface area contributed by atoms with Crippen LogP contribution in [-0.4, -0.2) is 53.1 Å². The third-order valence-electron chi connectivity index (χ3n) is 5.97. The lowest BCUT2D eigenvalue weighted by Gasteiger charge is -2.25. The summed E-state index contributed by atoms with van der Waals surface area (Å²) >= 11 is 0. The van der Waals surface area contributed by atoms with Crippen molar-refractivity contribution in [2.45, 2.75) is 45.2 Å². The SMILES string of the molecule is COc1cc(CN(C(=O)Nc2c(C)cccc2C(=O)N2CCCC2)C2CC2)ccc1O. The molecule has 0 bridgehead atoms. The highest BCUT2D eigenvalue weighted by molar-refractivity contribution is 6.04. The Bertz CT molecular complexity index is 981.